The van der Waals surface area contributed by atoms with Gasteiger partial charge in [-0.05, 0) is 25.5 Å². The predicted octanol–water partition coefficient (Wildman–Crippen LogP) is 1.53. The van der Waals surface area contributed by atoms with E-state index in [0.29, 0.717) is 5.58 Å². The molecule has 0 bridgehead atoms. The first kappa shape index (κ1) is 13.1. The van der Waals surface area contributed by atoms with Gasteiger partial charge in [-0.25, -0.2) is 0 Å². The Morgan fingerprint density at radius 1 is 1.26 bits per heavy atom. The molecule has 5 heteroatoms. The normalized spacial score (nSPS) is 10.5. The highest BCUT2D eigenvalue weighted by Crippen LogP contribution is 2.25. The van der Waals surface area contributed by atoms with Gasteiger partial charge in [0.15, 0.2) is 5.76 Å². The van der Waals surface area contributed by atoms with Crippen molar-refractivity contribution in [3.05, 3.63) is 35.1 Å². The summed E-state index contributed by atoms with van der Waals surface area (Å²) in [5, 5.41) is 5.87. The fourth-order valence-electron chi connectivity index (χ4n) is 1.88. The van der Waals surface area contributed by atoms with E-state index in [1.807, 2.05) is 32.0 Å². The molecule has 0 saturated heterocycles. The third-order valence-corrected chi connectivity index (χ3v) is 2.99. The van der Waals surface area contributed by atoms with Crippen molar-refractivity contribution < 1.29 is 14.0 Å². The topological polar surface area (TPSA) is 71.3 Å². The van der Waals surface area contributed by atoms with Crippen molar-refractivity contribution in [1.29, 1.82) is 0 Å². The monoisotopic (exact) mass is 260 g/mol. The minimum absolute atomic E-state index is 0.0646. The van der Waals surface area contributed by atoms with E-state index in [1.165, 1.54) is 7.05 Å². The van der Waals surface area contributed by atoms with E-state index in [4.69, 9.17) is 4.42 Å². The highest BCUT2D eigenvalue weighted by Gasteiger charge is 2.17. The molecule has 0 saturated carbocycles. The van der Waals surface area contributed by atoms with Crippen molar-refractivity contribution in [1.82, 2.24) is 10.6 Å². The maximum absolute atomic E-state index is 12.0. The van der Waals surface area contributed by atoms with Crippen molar-refractivity contribution in [2.24, 2.45) is 0 Å². The maximum atomic E-state index is 12.0. The van der Waals surface area contributed by atoms with Gasteiger partial charge in [0, 0.05) is 18.0 Å². The Morgan fingerprint density at radius 3 is 2.68 bits per heavy atom. The Balaban J connectivity index is 2.27. The van der Waals surface area contributed by atoms with E-state index in [-0.39, 0.29) is 24.1 Å². The van der Waals surface area contributed by atoms with E-state index in [1.54, 1.807) is 0 Å². The van der Waals surface area contributed by atoms with Gasteiger partial charge in [-0.3, -0.25) is 9.59 Å². The number of hydrogen-bond donors (Lipinski definition) is 2. The van der Waals surface area contributed by atoms with Gasteiger partial charge in [0.25, 0.3) is 5.91 Å². The van der Waals surface area contributed by atoms with Crippen LogP contribution in [-0.4, -0.2) is 25.4 Å². The lowest BCUT2D eigenvalue weighted by Crippen LogP contribution is -2.35. The zero-order valence-corrected chi connectivity index (χ0v) is 11.2. The van der Waals surface area contributed by atoms with Crippen LogP contribution in [0, 0.1) is 13.8 Å². The van der Waals surface area contributed by atoms with Crippen LogP contribution in [0.1, 0.15) is 21.7 Å². The molecule has 0 aliphatic carbocycles. The van der Waals surface area contributed by atoms with Crippen LogP contribution in [0.5, 0.6) is 0 Å². The summed E-state index contributed by atoms with van der Waals surface area (Å²) in [6.45, 7) is 3.73. The van der Waals surface area contributed by atoms with Crippen molar-refractivity contribution in [3.63, 3.8) is 0 Å². The van der Waals surface area contributed by atoms with Crippen LogP contribution in [0.4, 0.5) is 0 Å². The summed E-state index contributed by atoms with van der Waals surface area (Å²) in [5.41, 5.74) is 2.53. The van der Waals surface area contributed by atoms with Crippen LogP contribution in [0.25, 0.3) is 11.0 Å². The first-order chi connectivity index (χ1) is 9.02. The van der Waals surface area contributed by atoms with Crippen molar-refractivity contribution >= 4 is 22.8 Å². The molecule has 100 valence electrons. The number of likely N-dealkylation sites (N-methyl/N-ethyl adjacent to an activating group) is 1. The Hall–Kier alpha value is -2.30. The molecule has 1 aromatic carbocycles. The number of hydrogen-bond acceptors (Lipinski definition) is 3. The van der Waals surface area contributed by atoms with E-state index in [9.17, 15) is 9.59 Å². The van der Waals surface area contributed by atoms with Crippen molar-refractivity contribution in [3.8, 4) is 0 Å². The summed E-state index contributed by atoms with van der Waals surface area (Å²) in [6.07, 6.45) is 0. The average molecular weight is 260 g/mol. The molecule has 0 fully saturated rings. The summed E-state index contributed by atoms with van der Waals surface area (Å²) >= 11 is 0. The van der Waals surface area contributed by atoms with Crippen molar-refractivity contribution in [2.45, 2.75) is 13.8 Å². The molecule has 2 rings (SSSR count). The second-order valence-electron chi connectivity index (χ2n) is 4.41. The summed E-state index contributed by atoms with van der Waals surface area (Å²) in [7, 11) is 1.52. The van der Waals surface area contributed by atoms with E-state index in [0.717, 1.165) is 16.5 Å². The molecular formula is C14H16N2O3. The highest BCUT2D eigenvalue weighted by molar-refractivity contribution is 6.00. The number of carbonyl (C=O) groups is 2. The summed E-state index contributed by atoms with van der Waals surface area (Å²) in [6, 6.07) is 5.79. The number of nitrogens with one attached hydrogen (secondary N) is 2. The van der Waals surface area contributed by atoms with Crippen LogP contribution in [-0.2, 0) is 4.79 Å². The van der Waals surface area contributed by atoms with Crippen molar-refractivity contribution in [2.75, 3.05) is 13.6 Å². The molecule has 0 radical (unpaired) electrons. The molecule has 1 aromatic heterocycles. The quantitative estimate of drug-likeness (QED) is 0.879. The smallest absolute Gasteiger partial charge is 0.287 e. The minimum Gasteiger partial charge on any atom is -0.451 e. The van der Waals surface area contributed by atoms with Gasteiger partial charge in [-0.1, -0.05) is 12.1 Å². The molecule has 0 aliphatic rings. The molecule has 0 aliphatic heterocycles. The second kappa shape index (κ2) is 5.14. The maximum Gasteiger partial charge on any atom is 0.287 e. The largest absolute Gasteiger partial charge is 0.451 e. The molecular weight excluding hydrogens is 244 g/mol. The van der Waals surface area contributed by atoms with Gasteiger partial charge in [-0.2, -0.15) is 0 Å². The van der Waals surface area contributed by atoms with Crippen LogP contribution >= 0.6 is 0 Å². The van der Waals surface area contributed by atoms with Gasteiger partial charge in [0.1, 0.15) is 5.58 Å². The first-order valence-electron chi connectivity index (χ1n) is 6.01. The number of carbonyl (C=O) groups excluding carboxylic acids is 2. The third kappa shape index (κ3) is 2.59. The summed E-state index contributed by atoms with van der Waals surface area (Å²) in [5.74, 6) is -0.377. The number of fused-ring (bicyclic) bond motifs is 1. The standard InChI is InChI=1S/C14H16N2O3/c1-8-4-5-10-9(2)13(19-11(10)6-8)14(18)16-7-12(17)15-3/h4-6H,7H2,1-3H3,(H,15,17)(H,16,18). The van der Waals surface area contributed by atoms with Crippen LogP contribution in [0.3, 0.4) is 0 Å². The lowest BCUT2D eigenvalue weighted by Gasteiger charge is -2.02. The molecule has 2 amide bonds. The summed E-state index contributed by atoms with van der Waals surface area (Å²) < 4.78 is 5.56. The zero-order valence-electron chi connectivity index (χ0n) is 11.2. The Bertz CT molecular complexity index is 643. The predicted molar refractivity (Wildman–Crippen MR) is 72.1 cm³/mol. The number of aryl methyl sites for hydroxylation is 2. The molecule has 2 N–H and O–H groups in total. The molecule has 1 heterocycles. The van der Waals surface area contributed by atoms with Gasteiger partial charge in [0.05, 0.1) is 6.54 Å². The van der Waals surface area contributed by atoms with Gasteiger partial charge < -0.3 is 15.1 Å². The average Bonchev–Trinajstić information content (AvgIpc) is 2.72. The Kier molecular flexibility index (Phi) is 3.55. The number of amides is 2. The van der Waals surface area contributed by atoms with Crippen LogP contribution < -0.4 is 10.6 Å². The van der Waals surface area contributed by atoms with Crippen LogP contribution in [0.15, 0.2) is 22.6 Å². The Labute approximate surface area is 111 Å². The van der Waals surface area contributed by atoms with E-state index >= 15 is 0 Å². The Morgan fingerprint density at radius 2 is 2.00 bits per heavy atom. The molecule has 5 nitrogen and oxygen atoms in total. The number of rotatable bonds is 3. The lowest BCUT2D eigenvalue weighted by atomic mass is 10.1. The highest BCUT2D eigenvalue weighted by atomic mass is 16.3. The first-order valence-corrected chi connectivity index (χ1v) is 6.01. The fraction of sp³-hybridized carbons (Fsp3) is 0.286. The SMILES string of the molecule is CNC(=O)CNC(=O)c1oc2cc(C)ccc2c1C. The number of furan rings is 1. The fourth-order valence-corrected chi connectivity index (χ4v) is 1.88. The van der Waals surface area contributed by atoms with Gasteiger partial charge >= 0.3 is 0 Å². The minimum atomic E-state index is -0.380. The van der Waals surface area contributed by atoms with Gasteiger partial charge in [-0.15, -0.1) is 0 Å². The van der Waals surface area contributed by atoms with E-state index in [2.05, 4.69) is 10.6 Å². The third-order valence-electron chi connectivity index (χ3n) is 2.99. The molecule has 2 aromatic rings. The van der Waals surface area contributed by atoms with Crippen LogP contribution in [0.2, 0.25) is 0 Å². The molecule has 19 heavy (non-hydrogen) atoms. The lowest BCUT2D eigenvalue weighted by molar-refractivity contribution is -0.119. The zero-order chi connectivity index (χ0) is 14.0. The second-order valence-corrected chi connectivity index (χ2v) is 4.41. The van der Waals surface area contributed by atoms with E-state index < -0.39 is 0 Å². The van der Waals surface area contributed by atoms with Gasteiger partial charge in [0.2, 0.25) is 5.91 Å². The molecule has 0 atom stereocenters. The molecule has 0 unspecified atom stereocenters. The summed E-state index contributed by atoms with van der Waals surface area (Å²) in [4.78, 5) is 23.0. The molecule has 0 spiro atoms. The number of benzene rings is 1.